The maximum atomic E-state index is 10.6. The maximum absolute atomic E-state index is 10.6. The van der Waals surface area contributed by atoms with Crippen molar-refractivity contribution in [2.45, 2.75) is 31.1 Å². The summed E-state index contributed by atoms with van der Waals surface area (Å²) in [5.74, 6) is -6.71. The Labute approximate surface area is 258 Å². The number of aromatic nitrogens is 3. The highest BCUT2D eigenvalue weighted by atomic mass is 19.4. The van der Waals surface area contributed by atoms with Crippen LogP contribution in [0.5, 0.6) is 0 Å². The molecule has 258 valence electrons. The Balaban J connectivity index is 0.000000430. The Morgan fingerprint density at radius 1 is 0.809 bits per heavy atom. The Hall–Kier alpha value is -5.05. The number of hydrogen-bond donors (Lipinski definition) is 4. The smallest absolute Gasteiger partial charge is 0.475 e. The Bertz CT molecular complexity index is 1350. The van der Waals surface area contributed by atoms with E-state index in [1.165, 1.54) is 5.56 Å². The maximum Gasteiger partial charge on any atom is 0.490 e. The zero-order valence-electron chi connectivity index (χ0n) is 23.4. The molecule has 0 spiro atoms. The molecule has 12 nitrogen and oxygen atoms in total. The summed E-state index contributed by atoms with van der Waals surface area (Å²) in [6.07, 6.45) is -9.76. The van der Waals surface area contributed by atoms with Crippen molar-refractivity contribution in [3.05, 3.63) is 78.5 Å². The van der Waals surface area contributed by atoms with Crippen LogP contribution in [0.1, 0.15) is 17.4 Å². The van der Waals surface area contributed by atoms with Gasteiger partial charge in [-0.05, 0) is 29.8 Å². The van der Waals surface area contributed by atoms with Crippen LogP contribution in [0.3, 0.4) is 0 Å². The molecule has 1 atom stereocenters. The van der Waals surface area contributed by atoms with E-state index in [4.69, 9.17) is 39.4 Å². The van der Waals surface area contributed by atoms with Crippen LogP contribution < -0.4 is 5.32 Å². The lowest BCUT2D eigenvalue weighted by Gasteiger charge is -2.34. The van der Waals surface area contributed by atoms with Crippen molar-refractivity contribution in [3.8, 4) is 0 Å². The van der Waals surface area contributed by atoms with E-state index in [1.54, 1.807) is 12.4 Å². The minimum Gasteiger partial charge on any atom is -0.475 e. The number of pyridine rings is 1. The largest absolute Gasteiger partial charge is 0.490 e. The number of aliphatic carboxylic acids is 3. The van der Waals surface area contributed by atoms with Crippen LogP contribution in [-0.2, 0) is 25.7 Å². The molecule has 1 saturated heterocycles. The summed E-state index contributed by atoms with van der Waals surface area (Å²) in [5.41, 5.74) is 2.18. The highest BCUT2D eigenvalue weighted by Gasteiger charge is 2.39. The molecule has 2 aromatic heterocycles. The van der Waals surface area contributed by atoms with E-state index in [2.05, 4.69) is 26.3 Å². The Morgan fingerprint density at radius 2 is 1.34 bits per heavy atom. The molecule has 1 aliphatic rings. The van der Waals surface area contributed by atoms with E-state index >= 15 is 0 Å². The molecule has 0 amide bonds. The van der Waals surface area contributed by atoms with Crippen LogP contribution in [0.4, 0.5) is 51.0 Å². The first-order chi connectivity index (χ1) is 21.7. The molecule has 1 aliphatic heterocycles. The van der Waals surface area contributed by atoms with Crippen molar-refractivity contribution in [3.63, 3.8) is 0 Å². The zero-order valence-corrected chi connectivity index (χ0v) is 23.4. The van der Waals surface area contributed by atoms with Gasteiger partial charge in [-0.1, -0.05) is 24.3 Å². The van der Waals surface area contributed by atoms with Gasteiger partial charge in [-0.25, -0.2) is 24.4 Å². The van der Waals surface area contributed by atoms with Gasteiger partial charge in [0.05, 0.1) is 19.3 Å². The Morgan fingerprint density at radius 3 is 1.81 bits per heavy atom. The van der Waals surface area contributed by atoms with Gasteiger partial charge in [-0.15, -0.1) is 0 Å². The van der Waals surface area contributed by atoms with Crippen LogP contribution in [0, 0.1) is 0 Å². The molecule has 0 aliphatic carbocycles. The van der Waals surface area contributed by atoms with Gasteiger partial charge in [0.1, 0.15) is 11.6 Å². The van der Waals surface area contributed by atoms with Crippen LogP contribution in [-0.4, -0.2) is 91.4 Å². The van der Waals surface area contributed by atoms with Gasteiger partial charge in [0, 0.05) is 37.4 Å². The van der Waals surface area contributed by atoms with Crippen molar-refractivity contribution in [2.24, 2.45) is 0 Å². The highest BCUT2D eigenvalue weighted by Crippen LogP contribution is 2.25. The molecule has 47 heavy (non-hydrogen) atoms. The number of hydrogen-bond acceptors (Lipinski definition) is 9. The van der Waals surface area contributed by atoms with Gasteiger partial charge in [0.25, 0.3) is 0 Å². The van der Waals surface area contributed by atoms with E-state index in [1.807, 2.05) is 48.7 Å². The molecule has 3 heterocycles. The number of anilines is 2. The average Bonchev–Trinajstić information content (AvgIpc) is 2.98. The molecule has 4 rings (SSSR count). The van der Waals surface area contributed by atoms with Crippen molar-refractivity contribution in [1.29, 1.82) is 0 Å². The molecular formula is C26H24F9N5O7. The number of rotatable bonds is 5. The monoisotopic (exact) mass is 689 g/mol. The highest BCUT2D eigenvalue weighted by molar-refractivity contribution is 5.73. The van der Waals surface area contributed by atoms with Crippen LogP contribution >= 0.6 is 0 Å². The number of morpholine rings is 1. The lowest BCUT2D eigenvalue weighted by molar-refractivity contribution is -0.193. The van der Waals surface area contributed by atoms with E-state index in [0.29, 0.717) is 6.61 Å². The fraction of sp³-hybridized carbons (Fsp3) is 0.308. The third-order valence-electron chi connectivity index (χ3n) is 5.09. The summed E-state index contributed by atoms with van der Waals surface area (Å²) >= 11 is 0. The van der Waals surface area contributed by atoms with E-state index < -0.39 is 36.4 Å². The first kappa shape index (κ1) is 40.0. The summed E-state index contributed by atoms with van der Waals surface area (Å²) in [6, 6.07) is 16.0. The SMILES string of the molecule is O=C(O)C(F)(F)F.O=C(O)C(F)(F)F.O=C(O)C(F)(F)F.c1ccc(Nc2ccnc(C3COCCN3Cc3cccnc3)n2)cc1. The molecule has 0 bridgehead atoms. The van der Waals surface area contributed by atoms with Crippen molar-refractivity contribution in [2.75, 3.05) is 25.1 Å². The molecule has 1 unspecified atom stereocenters. The van der Waals surface area contributed by atoms with Crippen LogP contribution in [0.2, 0.25) is 0 Å². The predicted octanol–water partition coefficient (Wildman–Crippen LogP) is 5.09. The van der Waals surface area contributed by atoms with Gasteiger partial charge in [-0.2, -0.15) is 39.5 Å². The average molecular weight is 689 g/mol. The molecule has 1 fully saturated rings. The van der Waals surface area contributed by atoms with Gasteiger partial charge < -0.3 is 25.4 Å². The molecule has 0 saturated carbocycles. The summed E-state index contributed by atoms with van der Waals surface area (Å²) in [7, 11) is 0. The normalized spacial score (nSPS) is 14.9. The summed E-state index contributed by atoms with van der Waals surface area (Å²) in [5, 5.41) is 24.7. The third kappa shape index (κ3) is 16.2. The first-order valence-electron chi connectivity index (χ1n) is 12.5. The number of para-hydroxylation sites is 1. The molecule has 0 radical (unpaired) electrons. The molecular weight excluding hydrogens is 665 g/mol. The summed E-state index contributed by atoms with van der Waals surface area (Å²) in [4.78, 5) is 42.5. The van der Waals surface area contributed by atoms with Gasteiger partial charge in [-0.3, -0.25) is 9.88 Å². The van der Waals surface area contributed by atoms with Gasteiger partial charge in [0.2, 0.25) is 0 Å². The number of carboxylic acids is 3. The lowest BCUT2D eigenvalue weighted by Crippen LogP contribution is -2.39. The molecule has 3 aromatic rings. The van der Waals surface area contributed by atoms with Crippen LogP contribution in [0.25, 0.3) is 0 Å². The van der Waals surface area contributed by atoms with Crippen LogP contribution in [0.15, 0.2) is 67.1 Å². The van der Waals surface area contributed by atoms with Gasteiger partial charge in [0.15, 0.2) is 0 Å². The number of alkyl halides is 9. The predicted molar refractivity (Wildman–Crippen MR) is 141 cm³/mol. The number of nitrogens with one attached hydrogen (secondary N) is 1. The van der Waals surface area contributed by atoms with Crippen molar-refractivity contribution >= 4 is 29.4 Å². The lowest BCUT2D eigenvalue weighted by atomic mass is 10.1. The third-order valence-corrected chi connectivity index (χ3v) is 5.09. The topological polar surface area (TPSA) is 175 Å². The summed E-state index contributed by atoms with van der Waals surface area (Å²) < 4.78 is 101. The fourth-order valence-corrected chi connectivity index (χ4v) is 3.06. The Kier molecular flexibility index (Phi) is 15.5. The van der Waals surface area contributed by atoms with E-state index in [0.717, 1.165) is 37.0 Å². The number of carbonyl (C=O) groups is 3. The van der Waals surface area contributed by atoms with Crippen molar-refractivity contribution in [1.82, 2.24) is 19.9 Å². The van der Waals surface area contributed by atoms with E-state index in [9.17, 15) is 39.5 Å². The second-order valence-corrected chi connectivity index (χ2v) is 8.62. The van der Waals surface area contributed by atoms with Gasteiger partial charge >= 0.3 is 36.4 Å². The molecule has 4 N–H and O–H groups in total. The summed E-state index contributed by atoms with van der Waals surface area (Å²) in [6.45, 7) is 2.97. The number of halogens is 9. The molecule has 21 heteroatoms. The molecule has 1 aromatic carbocycles. The minimum atomic E-state index is -5.08. The number of nitrogens with zero attached hydrogens (tertiary/aromatic N) is 4. The standard InChI is InChI=1S/C20H21N5O.3C2HF3O2/c1-2-6-17(7-3-1)23-19-8-10-22-20(24-19)18-15-26-12-11-25(18)14-16-5-4-9-21-13-16;3*3-2(4,5)1(6)7/h1-10,13,18H,11-12,14-15H2,(H,22,23,24);3*(H,6,7). The van der Waals surface area contributed by atoms with Crippen molar-refractivity contribution < 1.29 is 74.0 Å². The number of benzene rings is 1. The number of ether oxygens (including phenoxy) is 1. The number of carboxylic acid groups (broad SMARTS) is 3. The fourth-order valence-electron chi connectivity index (χ4n) is 3.06. The van der Waals surface area contributed by atoms with E-state index in [-0.39, 0.29) is 6.04 Å². The zero-order chi connectivity index (χ0) is 35.8. The second-order valence-electron chi connectivity index (χ2n) is 8.62. The quantitative estimate of drug-likeness (QED) is 0.262. The minimum absolute atomic E-state index is 0.0291. The second kappa shape index (κ2) is 18.2. The first-order valence-corrected chi connectivity index (χ1v) is 12.5.